The van der Waals surface area contributed by atoms with E-state index in [1.807, 2.05) is 25.2 Å². The average Bonchev–Trinajstić information content (AvgIpc) is 2.44. The predicted octanol–water partition coefficient (Wildman–Crippen LogP) is 4.94. The SMILES string of the molecule is CNC(Cc1cccc(Cl)c1Cl)c1cccc(C)c1F. The maximum atomic E-state index is 14.2. The Hall–Kier alpha value is -1.09. The molecule has 20 heavy (non-hydrogen) atoms. The molecule has 0 radical (unpaired) electrons. The molecule has 2 rings (SSSR count). The second kappa shape index (κ2) is 6.57. The second-order valence-electron chi connectivity index (χ2n) is 4.74. The van der Waals surface area contributed by atoms with Crippen molar-refractivity contribution in [3.8, 4) is 0 Å². The Morgan fingerprint density at radius 1 is 1.15 bits per heavy atom. The van der Waals surface area contributed by atoms with Gasteiger partial charge in [-0.2, -0.15) is 0 Å². The zero-order valence-electron chi connectivity index (χ0n) is 11.4. The van der Waals surface area contributed by atoms with Crippen molar-refractivity contribution in [2.45, 2.75) is 19.4 Å². The standard InChI is InChI=1S/C16H16Cl2FN/c1-10-5-3-7-12(16(10)19)14(20-2)9-11-6-4-8-13(17)15(11)18/h3-8,14,20H,9H2,1-2H3. The molecule has 0 aliphatic rings. The highest BCUT2D eigenvalue weighted by molar-refractivity contribution is 6.42. The van der Waals surface area contributed by atoms with Crippen LogP contribution in [0.15, 0.2) is 36.4 Å². The van der Waals surface area contributed by atoms with Gasteiger partial charge in [-0.05, 0) is 37.6 Å². The Balaban J connectivity index is 2.34. The van der Waals surface area contributed by atoms with Crippen LogP contribution in [0.2, 0.25) is 10.0 Å². The maximum Gasteiger partial charge on any atom is 0.130 e. The van der Waals surface area contributed by atoms with Crippen LogP contribution in [-0.2, 0) is 6.42 Å². The number of hydrogen-bond donors (Lipinski definition) is 1. The minimum Gasteiger partial charge on any atom is -0.313 e. The number of benzene rings is 2. The summed E-state index contributed by atoms with van der Waals surface area (Å²) >= 11 is 12.2. The molecule has 1 atom stereocenters. The van der Waals surface area contributed by atoms with Crippen molar-refractivity contribution in [1.82, 2.24) is 5.32 Å². The molecule has 0 aliphatic carbocycles. The van der Waals surface area contributed by atoms with Gasteiger partial charge in [0, 0.05) is 11.6 Å². The van der Waals surface area contributed by atoms with Crippen LogP contribution in [0.4, 0.5) is 4.39 Å². The Morgan fingerprint density at radius 3 is 2.55 bits per heavy atom. The van der Waals surface area contributed by atoms with Gasteiger partial charge in [-0.3, -0.25) is 0 Å². The van der Waals surface area contributed by atoms with E-state index in [1.165, 1.54) is 0 Å². The lowest BCUT2D eigenvalue weighted by Gasteiger charge is -2.19. The number of hydrogen-bond acceptors (Lipinski definition) is 1. The Labute approximate surface area is 128 Å². The predicted molar refractivity (Wildman–Crippen MR) is 83.1 cm³/mol. The highest BCUT2D eigenvalue weighted by atomic mass is 35.5. The minimum absolute atomic E-state index is 0.147. The van der Waals surface area contributed by atoms with Crippen LogP contribution in [-0.4, -0.2) is 7.05 Å². The Kier molecular flexibility index (Phi) is 5.03. The average molecular weight is 312 g/mol. The fraction of sp³-hybridized carbons (Fsp3) is 0.250. The molecule has 0 aliphatic heterocycles. The van der Waals surface area contributed by atoms with Crippen molar-refractivity contribution in [3.63, 3.8) is 0 Å². The monoisotopic (exact) mass is 311 g/mol. The third-order valence-corrected chi connectivity index (χ3v) is 4.26. The van der Waals surface area contributed by atoms with E-state index in [2.05, 4.69) is 5.32 Å². The van der Waals surface area contributed by atoms with Gasteiger partial charge in [-0.25, -0.2) is 4.39 Å². The topological polar surface area (TPSA) is 12.0 Å². The normalized spacial score (nSPS) is 12.4. The number of likely N-dealkylation sites (N-methyl/N-ethyl adjacent to an activating group) is 1. The minimum atomic E-state index is -0.176. The van der Waals surface area contributed by atoms with Crippen LogP contribution in [0.5, 0.6) is 0 Å². The van der Waals surface area contributed by atoms with Crippen molar-refractivity contribution in [3.05, 3.63) is 69.0 Å². The first-order chi connectivity index (χ1) is 9.54. The molecule has 0 saturated heterocycles. The number of nitrogens with one attached hydrogen (secondary N) is 1. The lowest BCUT2D eigenvalue weighted by molar-refractivity contribution is 0.530. The van der Waals surface area contributed by atoms with E-state index in [0.717, 1.165) is 5.56 Å². The molecule has 4 heteroatoms. The Bertz CT molecular complexity index is 613. The van der Waals surface area contributed by atoms with E-state index in [0.29, 0.717) is 27.6 Å². The smallest absolute Gasteiger partial charge is 0.130 e. The molecule has 2 aromatic rings. The summed E-state index contributed by atoms with van der Waals surface area (Å²) in [6.07, 6.45) is 0.580. The van der Waals surface area contributed by atoms with Crippen LogP contribution in [0, 0.1) is 12.7 Å². The molecule has 2 aromatic carbocycles. The molecule has 1 nitrogen and oxygen atoms in total. The molecule has 0 saturated carbocycles. The fourth-order valence-corrected chi connectivity index (χ4v) is 2.63. The van der Waals surface area contributed by atoms with Gasteiger partial charge >= 0.3 is 0 Å². The van der Waals surface area contributed by atoms with Crippen molar-refractivity contribution >= 4 is 23.2 Å². The molecular weight excluding hydrogens is 296 g/mol. The molecule has 0 fully saturated rings. The van der Waals surface area contributed by atoms with Gasteiger partial charge in [0.05, 0.1) is 10.0 Å². The summed E-state index contributed by atoms with van der Waals surface area (Å²) in [5.41, 5.74) is 2.18. The second-order valence-corrected chi connectivity index (χ2v) is 5.52. The number of aryl methyl sites for hydroxylation is 1. The number of halogens is 3. The van der Waals surface area contributed by atoms with E-state index in [4.69, 9.17) is 23.2 Å². The van der Waals surface area contributed by atoms with Crippen molar-refractivity contribution < 1.29 is 4.39 Å². The first kappa shape index (κ1) is 15.3. The molecule has 0 amide bonds. The highest BCUT2D eigenvalue weighted by Gasteiger charge is 2.17. The fourth-order valence-electron chi connectivity index (χ4n) is 2.23. The van der Waals surface area contributed by atoms with E-state index < -0.39 is 0 Å². The third kappa shape index (κ3) is 3.14. The maximum absolute atomic E-state index is 14.2. The van der Waals surface area contributed by atoms with E-state index >= 15 is 0 Å². The molecule has 106 valence electrons. The van der Waals surface area contributed by atoms with Gasteiger partial charge < -0.3 is 5.32 Å². The van der Waals surface area contributed by atoms with Crippen LogP contribution in [0.25, 0.3) is 0 Å². The molecule has 1 N–H and O–H groups in total. The zero-order valence-corrected chi connectivity index (χ0v) is 12.9. The van der Waals surface area contributed by atoms with Crippen LogP contribution in [0.1, 0.15) is 22.7 Å². The van der Waals surface area contributed by atoms with Crippen molar-refractivity contribution in [2.24, 2.45) is 0 Å². The first-order valence-corrected chi connectivity index (χ1v) is 7.15. The highest BCUT2D eigenvalue weighted by Crippen LogP contribution is 2.30. The van der Waals surface area contributed by atoms with Gasteiger partial charge in [0.15, 0.2) is 0 Å². The van der Waals surface area contributed by atoms with Crippen molar-refractivity contribution in [1.29, 1.82) is 0 Å². The lowest BCUT2D eigenvalue weighted by atomic mass is 9.97. The molecular formula is C16H16Cl2FN. The van der Waals surface area contributed by atoms with Gasteiger partial charge in [0.2, 0.25) is 0 Å². The molecule has 1 unspecified atom stereocenters. The lowest BCUT2D eigenvalue weighted by Crippen LogP contribution is -2.20. The van der Waals surface area contributed by atoms with Gasteiger partial charge in [-0.1, -0.05) is 53.5 Å². The van der Waals surface area contributed by atoms with Gasteiger partial charge in [0.25, 0.3) is 0 Å². The molecule has 0 aromatic heterocycles. The summed E-state index contributed by atoms with van der Waals surface area (Å²) in [6, 6.07) is 10.8. The largest absolute Gasteiger partial charge is 0.313 e. The van der Waals surface area contributed by atoms with E-state index in [-0.39, 0.29) is 11.9 Å². The van der Waals surface area contributed by atoms with Crippen LogP contribution in [0.3, 0.4) is 0 Å². The molecule has 0 bridgehead atoms. The van der Waals surface area contributed by atoms with E-state index in [1.54, 1.807) is 25.1 Å². The van der Waals surface area contributed by atoms with Gasteiger partial charge in [-0.15, -0.1) is 0 Å². The summed E-state index contributed by atoms with van der Waals surface area (Å²) in [4.78, 5) is 0. The summed E-state index contributed by atoms with van der Waals surface area (Å²) in [7, 11) is 1.81. The zero-order chi connectivity index (χ0) is 14.7. The van der Waals surface area contributed by atoms with Crippen LogP contribution < -0.4 is 5.32 Å². The third-order valence-electron chi connectivity index (χ3n) is 3.40. The summed E-state index contributed by atoms with van der Waals surface area (Å²) in [5, 5.41) is 4.19. The first-order valence-electron chi connectivity index (χ1n) is 6.39. The Morgan fingerprint density at radius 2 is 1.85 bits per heavy atom. The molecule has 0 spiro atoms. The summed E-state index contributed by atoms with van der Waals surface area (Å²) in [6.45, 7) is 1.76. The quantitative estimate of drug-likeness (QED) is 0.843. The number of rotatable bonds is 4. The van der Waals surface area contributed by atoms with E-state index in [9.17, 15) is 4.39 Å². The van der Waals surface area contributed by atoms with Gasteiger partial charge in [0.1, 0.15) is 5.82 Å². The molecule has 0 heterocycles. The van der Waals surface area contributed by atoms with Crippen LogP contribution >= 0.6 is 23.2 Å². The summed E-state index contributed by atoms with van der Waals surface area (Å²) in [5.74, 6) is -0.176. The summed E-state index contributed by atoms with van der Waals surface area (Å²) < 4.78 is 14.2. The van der Waals surface area contributed by atoms with Crippen molar-refractivity contribution in [2.75, 3.05) is 7.05 Å².